The number of hydrogen-bond acceptors (Lipinski definition) is 1. The lowest BCUT2D eigenvalue weighted by Crippen LogP contribution is -2.42. The minimum absolute atomic E-state index is 0.00630. The highest BCUT2D eigenvalue weighted by Crippen LogP contribution is 2.44. The maximum absolute atomic E-state index is 12.9. The Balaban J connectivity index is 2.17. The molecule has 2 heteroatoms. The molecule has 1 fully saturated rings. The maximum Gasteiger partial charge on any atom is 0.230 e. The van der Waals surface area contributed by atoms with Gasteiger partial charge in [0, 0.05) is 19.0 Å². The molecule has 2 unspecified atom stereocenters. The van der Waals surface area contributed by atoms with E-state index in [0.717, 1.165) is 19.5 Å². The Morgan fingerprint density at radius 3 is 2.53 bits per heavy atom. The van der Waals surface area contributed by atoms with E-state index in [1.54, 1.807) is 0 Å². The number of benzene rings is 1. The second-order valence-corrected chi connectivity index (χ2v) is 7.05. The molecule has 1 aromatic carbocycles. The predicted molar refractivity (Wildman–Crippen MR) is 77.2 cm³/mol. The molecule has 2 heterocycles. The SMILES string of the molecule is CC(C)(C)C1C(=O)N2CCCC(C2)c2ccccc21. The van der Waals surface area contributed by atoms with Crippen LogP contribution in [0, 0.1) is 5.41 Å². The zero-order valence-electron chi connectivity index (χ0n) is 12.1. The van der Waals surface area contributed by atoms with E-state index in [0.29, 0.717) is 11.8 Å². The van der Waals surface area contributed by atoms with Gasteiger partial charge < -0.3 is 4.90 Å². The molecule has 0 radical (unpaired) electrons. The topological polar surface area (TPSA) is 20.3 Å². The molecule has 1 aromatic rings. The van der Waals surface area contributed by atoms with Gasteiger partial charge in [0.25, 0.3) is 0 Å². The van der Waals surface area contributed by atoms with Gasteiger partial charge >= 0.3 is 0 Å². The smallest absolute Gasteiger partial charge is 0.230 e. The zero-order valence-corrected chi connectivity index (χ0v) is 12.1. The minimum atomic E-state index is -0.0231. The Morgan fingerprint density at radius 2 is 1.84 bits per heavy atom. The molecule has 1 amide bonds. The van der Waals surface area contributed by atoms with E-state index in [4.69, 9.17) is 0 Å². The monoisotopic (exact) mass is 257 g/mol. The molecule has 2 aliphatic rings. The molecule has 0 aliphatic carbocycles. The second kappa shape index (κ2) is 4.36. The van der Waals surface area contributed by atoms with Gasteiger partial charge in [-0.05, 0) is 29.4 Å². The molecular formula is C17H23NO. The van der Waals surface area contributed by atoms with Gasteiger partial charge in [-0.15, -0.1) is 0 Å². The van der Waals surface area contributed by atoms with Crippen molar-refractivity contribution < 1.29 is 4.79 Å². The van der Waals surface area contributed by atoms with Crippen molar-refractivity contribution in [1.29, 1.82) is 0 Å². The van der Waals surface area contributed by atoms with Crippen LogP contribution in [0.25, 0.3) is 0 Å². The van der Waals surface area contributed by atoms with Gasteiger partial charge in [0.2, 0.25) is 5.91 Å². The Kier molecular flexibility index (Phi) is 2.92. The molecular weight excluding hydrogens is 234 g/mol. The second-order valence-electron chi connectivity index (χ2n) is 7.05. The molecule has 19 heavy (non-hydrogen) atoms. The summed E-state index contributed by atoms with van der Waals surface area (Å²) in [6.45, 7) is 8.41. The van der Waals surface area contributed by atoms with Gasteiger partial charge in [0.05, 0.1) is 5.92 Å². The molecule has 3 rings (SSSR count). The number of amides is 1. The lowest BCUT2D eigenvalue weighted by molar-refractivity contribution is -0.136. The molecule has 2 bridgehead atoms. The average molecular weight is 257 g/mol. The number of hydrogen-bond donors (Lipinski definition) is 0. The van der Waals surface area contributed by atoms with Crippen LogP contribution in [0.5, 0.6) is 0 Å². The van der Waals surface area contributed by atoms with Crippen LogP contribution in [0.3, 0.4) is 0 Å². The molecule has 102 valence electrons. The summed E-state index contributed by atoms with van der Waals surface area (Å²) in [6.07, 6.45) is 2.36. The number of carbonyl (C=O) groups excluding carboxylic acids is 1. The van der Waals surface area contributed by atoms with Crippen molar-refractivity contribution in [2.24, 2.45) is 5.41 Å². The molecule has 0 spiro atoms. The van der Waals surface area contributed by atoms with Crippen molar-refractivity contribution in [2.45, 2.75) is 45.4 Å². The molecule has 2 nitrogen and oxygen atoms in total. The molecule has 1 saturated heterocycles. The summed E-state index contributed by atoms with van der Waals surface area (Å²) in [7, 11) is 0. The van der Waals surface area contributed by atoms with E-state index in [2.05, 4.69) is 49.9 Å². The normalized spacial score (nSPS) is 26.9. The standard InChI is InChI=1S/C17H23NO/c1-17(2,3)15-14-9-5-4-8-13(14)12-7-6-10-18(11-12)16(15)19/h4-5,8-9,12,15H,6-7,10-11H2,1-3H3. The van der Waals surface area contributed by atoms with Gasteiger partial charge in [0.1, 0.15) is 0 Å². The fourth-order valence-electron chi connectivity index (χ4n) is 3.73. The van der Waals surface area contributed by atoms with Crippen LogP contribution in [0.15, 0.2) is 24.3 Å². The van der Waals surface area contributed by atoms with Crippen LogP contribution in [0.1, 0.15) is 56.6 Å². The maximum atomic E-state index is 12.9. The third-order valence-corrected chi connectivity index (χ3v) is 4.59. The highest BCUT2D eigenvalue weighted by molar-refractivity contribution is 5.86. The van der Waals surface area contributed by atoms with Crippen molar-refractivity contribution in [2.75, 3.05) is 13.1 Å². The van der Waals surface area contributed by atoms with E-state index in [1.165, 1.54) is 17.5 Å². The van der Waals surface area contributed by atoms with Crippen LogP contribution in [-0.2, 0) is 4.79 Å². The van der Waals surface area contributed by atoms with Crippen molar-refractivity contribution in [1.82, 2.24) is 4.90 Å². The van der Waals surface area contributed by atoms with Crippen LogP contribution in [-0.4, -0.2) is 23.9 Å². The van der Waals surface area contributed by atoms with Crippen molar-refractivity contribution in [3.63, 3.8) is 0 Å². The largest absolute Gasteiger partial charge is 0.342 e. The van der Waals surface area contributed by atoms with Crippen molar-refractivity contribution >= 4 is 5.91 Å². The summed E-state index contributed by atoms with van der Waals surface area (Å²) in [5.74, 6) is 0.884. The van der Waals surface area contributed by atoms with Crippen LogP contribution >= 0.6 is 0 Å². The fraction of sp³-hybridized carbons (Fsp3) is 0.588. The number of carbonyl (C=O) groups is 1. The Bertz CT molecular complexity index is 500. The lowest BCUT2D eigenvalue weighted by atomic mass is 9.74. The third kappa shape index (κ3) is 2.07. The summed E-state index contributed by atoms with van der Waals surface area (Å²) >= 11 is 0. The average Bonchev–Trinajstić information content (AvgIpc) is 2.45. The van der Waals surface area contributed by atoms with Crippen LogP contribution < -0.4 is 0 Å². The van der Waals surface area contributed by atoms with E-state index >= 15 is 0 Å². The Morgan fingerprint density at radius 1 is 1.16 bits per heavy atom. The highest BCUT2D eigenvalue weighted by atomic mass is 16.2. The first kappa shape index (κ1) is 12.7. The van der Waals surface area contributed by atoms with E-state index < -0.39 is 0 Å². The summed E-state index contributed by atoms with van der Waals surface area (Å²) in [6, 6.07) is 8.61. The van der Waals surface area contributed by atoms with Gasteiger partial charge in [-0.3, -0.25) is 4.79 Å². The quantitative estimate of drug-likeness (QED) is 0.696. The zero-order chi connectivity index (χ0) is 13.6. The summed E-state index contributed by atoms with van der Waals surface area (Å²) in [5.41, 5.74) is 2.66. The number of nitrogens with zero attached hydrogens (tertiary/aromatic N) is 1. The van der Waals surface area contributed by atoms with E-state index in [9.17, 15) is 4.79 Å². The Labute approximate surface area is 115 Å². The van der Waals surface area contributed by atoms with E-state index in [1.807, 2.05) is 0 Å². The van der Waals surface area contributed by atoms with Crippen molar-refractivity contribution in [3.8, 4) is 0 Å². The fourth-order valence-corrected chi connectivity index (χ4v) is 3.73. The number of rotatable bonds is 0. The van der Waals surface area contributed by atoms with E-state index in [-0.39, 0.29) is 11.3 Å². The number of fused-ring (bicyclic) bond motifs is 4. The number of piperidine rings is 1. The first-order valence-corrected chi connectivity index (χ1v) is 7.36. The van der Waals surface area contributed by atoms with Gasteiger partial charge in [-0.25, -0.2) is 0 Å². The molecule has 2 aliphatic heterocycles. The predicted octanol–water partition coefficient (Wildman–Crippen LogP) is 3.54. The summed E-state index contributed by atoms with van der Waals surface area (Å²) < 4.78 is 0. The first-order chi connectivity index (χ1) is 8.98. The Hall–Kier alpha value is -1.31. The van der Waals surface area contributed by atoms with Crippen LogP contribution in [0.4, 0.5) is 0 Å². The van der Waals surface area contributed by atoms with Crippen molar-refractivity contribution in [3.05, 3.63) is 35.4 Å². The summed E-state index contributed by atoms with van der Waals surface area (Å²) in [4.78, 5) is 15.0. The lowest BCUT2D eigenvalue weighted by Gasteiger charge is -2.34. The summed E-state index contributed by atoms with van der Waals surface area (Å²) in [5, 5.41) is 0. The van der Waals surface area contributed by atoms with Gasteiger partial charge in [-0.1, -0.05) is 45.0 Å². The van der Waals surface area contributed by atoms with Crippen LogP contribution in [0.2, 0.25) is 0 Å². The first-order valence-electron chi connectivity index (χ1n) is 7.36. The molecule has 0 aromatic heterocycles. The highest BCUT2D eigenvalue weighted by Gasteiger charge is 2.42. The molecule has 0 N–H and O–H groups in total. The molecule has 0 saturated carbocycles. The van der Waals surface area contributed by atoms with Gasteiger partial charge in [0.15, 0.2) is 0 Å². The minimum Gasteiger partial charge on any atom is -0.342 e. The third-order valence-electron chi connectivity index (χ3n) is 4.59. The van der Waals surface area contributed by atoms with Gasteiger partial charge in [-0.2, -0.15) is 0 Å². The molecule has 2 atom stereocenters.